The summed E-state index contributed by atoms with van der Waals surface area (Å²) in [7, 11) is -2.88. The van der Waals surface area contributed by atoms with E-state index in [-0.39, 0.29) is 11.8 Å². The van der Waals surface area contributed by atoms with Crippen molar-refractivity contribution in [3.63, 3.8) is 0 Å². The fourth-order valence-electron chi connectivity index (χ4n) is 0.502. The van der Waals surface area contributed by atoms with E-state index < -0.39 is 9.84 Å². The van der Waals surface area contributed by atoms with Crippen LogP contribution in [0.4, 0.5) is 0 Å². The van der Waals surface area contributed by atoms with E-state index in [0.717, 1.165) is 0 Å². The van der Waals surface area contributed by atoms with Crippen LogP contribution in [0.5, 0.6) is 0 Å². The monoisotopic (exact) mass is 152 g/mol. The van der Waals surface area contributed by atoms with Gasteiger partial charge in [-0.3, -0.25) is 11.3 Å². The summed E-state index contributed by atoms with van der Waals surface area (Å²) in [5.41, 5.74) is 2.34. The maximum Gasteiger partial charge on any atom is 0.149 e. The number of sulfone groups is 1. The molecule has 0 saturated heterocycles. The topological polar surface area (TPSA) is 72.2 Å². The Balaban J connectivity index is 3.75. The summed E-state index contributed by atoms with van der Waals surface area (Å²) in [6.45, 7) is 1.71. The average molecular weight is 152 g/mol. The van der Waals surface area contributed by atoms with Crippen LogP contribution in [0.25, 0.3) is 0 Å². The molecular formula is C4H12N2O2S. The van der Waals surface area contributed by atoms with Crippen LogP contribution in [0.1, 0.15) is 6.92 Å². The lowest BCUT2D eigenvalue weighted by Crippen LogP contribution is -2.37. The molecule has 0 aromatic rings. The lowest BCUT2D eigenvalue weighted by molar-refractivity contribution is 0.571. The van der Waals surface area contributed by atoms with Crippen LogP contribution in [0.15, 0.2) is 0 Å². The first-order valence-corrected chi connectivity index (χ1v) is 4.65. The molecule has 0 aliphatic carbocycles. The molecule has 56 valence electrons. The first kappa shape index (κ1) is 8.87. The van der Waals surface area contributed by atoms with Crippen molar-refractivity contribution in [1.29, 1.82) is 0 Å². The second kappa shape index (κ2) is 3.14. The first-order chi connectivity index (χ1) is 3.95. The molecule has 0 spiro atoms. The van der Waals surface area contributed by atoms with Gasteiger partial charge in [0.1, 0.15) is 9.84 Å². The normalized spacial score (nSPS) is 15.4. The molecular weight excluding hydrogens is 140 g/mol. The first-order valence-electron chi connectivity index (χ1n) is 2.59. The number of hydrazine groups is 1. The highest BCUT2D eigenvalue weighted by Crippen LogP contribution is 1.86. The Bertz CT molecular complexity index is 163. The van der Waals surface area contributed by atoms with Crippen molar-refractivity contribution in [3.05, 3.63) is 0 Å². The molecule has 0 unspecified atom stereocenters. The van der Waals surface area contributed by atoms with Crippen molar-refractivity contribution in [2.45, 2.75) is 13.0 Å². The molecule has 3 N–H and O–H groups in total. The maximum atomic E-state index is 10.5. The Labute approximate surface area is 55.3 Å². The Morgan fingerprint density at radius 2 is 2.11 bits per heavy atom. The SMILES string of the molecule is C[C@@H](CS(C)(=O)=O)NN. The van der Waals surface area contributed by atoms with Gasteiger partial charge in [0.2, 0.25) is 0 Å². The minimum absolute atomic E-state index is 0.0868. The highest BCUT2D eigenvalue weighted by Gasteiger charge is 2.06. The summed E-state index contributed by atoms with van der Waals surface area (Å²) in [6.07, 6.45) is 1.18. The molecule has 0 rings (SSSR count). The van der Waals surface area contributed by atoms with Gasteiger partial charge in [0.15, 0.2) is 0 Å². The van der Waals surface area contributed by atoms with Crippen LogP contribution >= 0.6 is 0 Å². The zero-order valence-electron chi connectivity index (χ0n) is 5.59. The van der Waals surface area contributed by atoms with Gasteiger partial charge in [0.05, 0.1) is 5.75 Å². The third-order valence-electron chi connectivity index (χ3n) is 0.837. The van der Waals surface area contributed by atoms with Gasteiger partial charge in [-0.05, 0) is 6.92 Å². The van der Waals surface area contributed by atoms with Crippen LogP contribution in [0.2, 0.25) is 0 Å². The van der Waals surface area contributed by atoms with Gasteiger partial charge in [-0.25, -0.2) is 8.42 Å². The van der Waals surface area contributed by atoms with Crippen molar-refractivity contribution >= 4 is 9.84 Å². The zero-order chi connectivity index (χ0) is 7.49. The predicted octanol–water partition coefficient (Wildman–Crippen LogP) is -1.12. The average Bonchev–Trinajstić information content (AvgIpc) is 1.62. The van der Waals surface area contributed by atoms with Gasteiger partial charge in [-0.2, -0.15) is 0 Å². The molecule has 0 aliphatic rings. The third-order valence-corrected chi connectivity index (χ3v) is 1.94. The number of hydrogen-bond donors (Lipinski definition) is 2. The third kappa shape index (κ3) is 5.75. The summed E-state index contributed by atoms with van der Waals surface area (Å²) in [5, 5.41) is 0. The van der Waals surface area contributed by atoms with E-state index in [1.54, 1.807) is 6.92 Å². The van der Waals surface area contributed by atoms with E-state index in [1.165, 1.54) is 6.26 Å². The van der Waals surface area contributed by atoms with Crippen LogP contribution in [-0.4, -0.2) is 26.5 Å². The quantitative estimate of drug-likeness (QED) is 0.397. The Hall–Kier alpha value is -0.130. The molecule has 0 saturated carbocycles. The van der Waals surface area contributed by atoms with Gasteiger partial charge in [0, 0.05) is 12.3 Å². The Morgan fingerprint density at radius 3 is 2.22 bits per heavy atom. The minimum atomic E-state index is -2.88. The molecule has 4 nitrogen and oxygen atoms in total. The van der Waals surface area contributed by atoms with Crippen LogP contribution in [0.3, 0.4) is 0 Å². The predicted molar refractivity (Wildman–Crippen MR) is 36.5 cm³/mol. The summed E-state index contributed by atoms with van der Waals surface area (Å²) in [5.74, 6) is 5.05. The van der Waals surface area contributed by atoms with Gasteiger partial charge >= 0.3 is 0 Å². The van der Waals surface area contributed by atoms with Crippen LogP contribution < -0.4 is 11.3 Å². The van der Waals surface area contributed by atoms with Crippen LogP contribution in [0, 0.1) is 0 Å². The number of rotatable bonds is 3. The molecule has 0 aliphatic heterocycles. The Morgan fingerprint density at radius 1 is 1.67 bits per heavy atom. The number of nitrogens with one attached hydrogen (secondary N) is 1. The van der Waals surface area contributed by atoms with E-state index in [1.807, 2.05) is 0 Å². The van der Waals surface area contributed by atoms with E-state index in [0.29, 0.717) is 0 Å². The van der Waals surface area contributed by atoms with E-state index in [2.05, 4.69) is 5.43 Å². The second-order valence-electron chi connectivity index (χ2n) is 2.16. The van der Waals surface area contributed by atoms with Gasteiger partial charge in [-0.1, -0.05) is 0 Å². The molecule has 0 heterocycles. The van der Waals surface area contributed by atoms with E-state index >= 15 is 0 Å². The molecule has 9 heavy (non-hydrogen) atoms. The van der Waals surface area contributed by atoms with Gasteiger partial charge < -0.3 is 0 Å². The van der Waals surface area contributed by atoms with Crippen molar-refractivity contribution in [1.82, 2.24) is 5.43 Å². The van der Waals surface area contributed by atoms with Crippen molar-refractivity contribution in [3.8, 4) is 0 Å². The molecule has 0 bridgehead atoms. The lowest BCUT2D eigenvalue weighted by Gasteiger charge is -2.06. The summed E-state index contributed by atoms with van der Waals surface area (Å²) in [4.78, 5) is 0. The smallest absolute Gasteiger partial charge is 0.149 e. The lowest BCUT2D eigenvalue weighted by atomic mass is 10.4. The molecule has 0 fully saturated rings. The number of nitrogens with two attached hydrogens (primary N) is 1. The standard InChI is InChI=1S/C4H12N2O2S/c1-4(6-5)3-9(2,7)8/h4,6H,3,5H2,1-2H3/t4-/m0/s1. The van der Waals surface area contributed by atoms with Gasteiger partial charge in [0.25, 0.3) is 0 Å². The summed E-state index contributed by atoms with van der Waals surface area (Å²) >= 11 is 0. The molecule has 0 aromatic carbocycles. The van der Waals surface area contributed by atoms with Crippen LogP contribution in [-0.2, 0) is 9.84 Å². The molecule has 5 heteroatoms. The largest absolute Gasteiger partial charge is 0.271 e. The zero-order valence-corrected chi connectivity index (χ0v) is 6.40. The Kier molecular flexibility index (Phi) is 3.10. The molecule has 0 aromatic heterocycles. The van der Waals surface area contributed by atoms with Crippen molar-refractivity contribution < 1.29 is 8.42 Å². The van der Waals surface area contributed by atoms with Crippen molar-refractivity contribution in [2.24, 2.45) is 5.84 Å². The number of hydrogen-bond acceptors (Lipinski definition) is 4. The molecule has 0 amide bonds. The minimum Gasteiger partial charge on any atom is -0.271 e. The molecule has 0 radical (unpaired) electrons. The highest BCUT2D eigenvalue weighted by atomic mass is 32.2. The van der Waals surface area contributed by atoms with E-state index in [4.69, 9.17) is 5.84 Å². The highest BCUT2D eigenvalue weighted by molar-refractivity contribution is 7.90. The maximum absolute atomic E-state index is 10.5. The summed E-state index contributed by atoms with van der Waals surface area (Å²) < 4.78 is 21.0. The molecule has 1 atom stereocenters. The van der Waals surface area contributed by atoms with Crippen molar-refractivity contribution in [2.75, 3.05) is 12.0 Å². The fourth-order valence-corrected chi connectivity index (χ4v) is 1.51. The van der Waals surface area contributed by atoms with Gasteiger partial charge in [-0.15, -0.1) is 0 Å². The second-order valence-corrected chi connectivity index (χ2v) is 4.34. The van der Waals surface area contributed by atoms with E-state index in [9.17, 15) is 8.42 Å². The fraction of sp³-hybridized carbons (Fsp3) is 1.00. The summed E-state index contributed by atoms with van der Waals surface area (Å²) in [6, 6.07) is -0.167.